The number of carbonyl (C=O) groups is 1. The van der Waals surface area contributed by atoms with Gasteiger partial charge in [-0.1, -0.05) is 23.7 Å². The van der Waals surface area contributed by atoms with Gasteiger partial charge in [0, 0.05) is 12.1 Å². The summed E-state index contributed by atoms with van der Waals surface area (Å²) in [6, 6.07) is 7.84. The maximum absolute atomic E-state index is 12.5. The Hall–Kier alpha value is -2.41. The molecule has 1 aliphatic rings. The van der Waals surface area contributed by atoms with E-state index >= 15 is 0 Å². The number of hydrogen-bond acceptors (Lipinski definition) is 3. The Morgan fingerprint density at radius 1 is 1.16 bits per heavy atom. The van der Waals surface area contributed by atoms with Gasteiger partial charge in [-0.3, -0.25) is 4.79 Å². The summed E-state index contributed by atoms with van der Waals surface area (Å²) >= 11 is 6.02. The van der Waals surface area contributed by atoms with Crippen LogP contribution in [0.4, 0.5) is 13.2 Å². The molecule has 0 saturated heterocycles. The molecular weight excluding hydrogens is 359 g/mol. The minimum Gasteiger partial charge on any atom is -0.454 e. The van der Waals surface area contributed by atoms with Gasteiger partial charge in [0.1, 0.15) is 0 Å². The molecule has 1 heterocycles. The van der Waals surface area contributed by atoms with Gasteiger partial charge in [0.2, 0.25) is 6.79 Å². The van der Waals surface area contributed by atoms with E-state index in [0.29, 0.717) is 29.0 Å². The highest BCUT2D eigenvalue weighted by atomic mass is 35.5. The lowest BCUT2D eigenvalue weighted by Gasteiger charge is -2.09. The van der Waals surface area contributed by atoms with Crippen LogP contribution >= 0.6 is 11.6 Å². The molecule has 0 atom stereocenters. The lowest BCUT2D eigenvalue weighted by atomic mass is 10.1. The van der Waals surface area contributed by atoms with Gasteiger partial charge in [-0.2, -0.15) is 13.2 Å². The van der Waals surface area contributed by atoms with Crippen molar-refractivity contribution in [1.82, 2.24) is 5.32 Å². The maximum Gasteiger partial charge on any atom is 0.416 e. The third-order valence-corrected chi connectivity index (χ3v) is 3.95. The molecule has 4 nitrogen and oxygen atoms in total. The normalized spacial score (nSPS) is 13.0. The number of nitrogens with one attached hydrogen (secondary N) is 1. The number of rotatable bonds is 4. The second-order valence-corrected chi connectivity index (χ2v) is 5.80. The molecule has 1 amide bonds. The van der Waals surface area contributed by atoms with Crippen LogP contribution in [0, 0.1) is 0 Å². The largest absolute Gasteiger partial charge is 0.454 e. The molecular formula is C17H13ClF3NO3. The minimum absolute atomic E-state index is 0.0496. The Morgan fingerprint density at radius 2 is 1.88 bits per heavy atom. The molecule has 2 aromatic carbocycles. The number of carbonyl (C=O) groups excluding carboxylic acids is 1. The first-order valence-electron chi connectivity index (χ1n) is 7.38. The van der Waals surface area contributed by atoms with Crippen LogP contribution in [0.3, 0.4) is 0 Å². The van der Waals surface area contributed by atoms with E-state index in [9.17, 15) is 18.0 Å². The van der Waals surface area contributed by atoms with Crippen molar-refractivity contribution in [2.75, 3.05) is 13.3 Å². The molecule has 8 heteroatoms. The molecule has 0 spiro atoms. The Balaban J connectivity index is 1.57. The summed E-state index contributed by atoms with van der Waals surface area (Å²) < 4.78 is 47.9. The molecule has 0 fully saturated rings. The average Bonchev–Trinajstić information content (AvgIpc) is 3.03. The number of hydrogen-bond donors (Lipinski definition) is 1. The number of benzene rings is 2. The summed E-state index contributed by atoms with van der Waals surface area (Å²) in [6.45, 7) is 0.324. The molecule has 3 rings (SSSR count). The Kier molecular flexibility index (Phi) is 4.76. The van der Waals surface area contributed by atoms with Crippen molar-refractivity contribution in [3.8, 4) is 11.5 Å². The van der Waals surface area contributed by atoms with Crippen molar-refractivity contribution < 1.29 is 27.4 Å². The molecule has 1 N–H and O–H groups in total. The van der Waals surface area contributed by atoms with Crippen LogP contribution in [0.5, 0.6) is 11.5 Å². The van der Waals surface area contributed by atoms with E-state index in [2.05, 4.69) is 5.32 Å². The SMILES string of the molecule is O=C(NCCc1ccc(C(F)(F)F)cc1)c1cc(Cl)c2c(c1)OCO2. The van der Waals surface area contributed by atoms with Crippen molar-refractivity contribution in [3.05, 3.63) is 58.1 Å². The van der Waals surface area contributed by atoms with E-state index in [1.807, 2.05) is 0 Å². The van der Waals surface area contributed by atoms with Crippen molar-refractivity contribution in [1.29, 1.82) is 0 Å². The lowest BCUT2D eigenvalue weighted by Crippen LogP contribution is -2.25. The highest BCUT2D eigenvalue weighted by Crippen LogP contribution is 2.39. The fourth-order valence-electron chi connectivity index (χ4n) is 2.38. The summed E-state index contributed by atoms with van der Waals surface area (Å²) in [6.07, 6.45) is -3.95. The summed E-state index contributed by atoms with van der Waals surface area (Å²) in [7, 11) is 0. The maximum atomic E-state index is 12.5. The molecule has 1 aliphatic heterocycles. The van der Waals surface area contributed by atoms with Crippen LogP contribution in [0.15, 0.2) is 36.4 Å². The fraction of sp³-hybridized carbons (Fsp3) is 0.235. The molecule has 0 saturated carbocycles. The van der Waals surface area contributed by atoms with Gasteiger partial charge in [0.15, 0.2) is 11.5 Å². The molecule has 0 unspecified atom stereocenters. The lowest BCUT2D eigenvalue weighted by molar-refractivity contribution is -0.137. The van der Waals surface area contributed by atoms with E-state index < -0.39 is 11.7 Å². The van der Waals surface area contributed by atoms with Crippen molar-refractivity contribution in [2.45, 2.75) is 12.6 Å². The predicted octanol–water partition coefficient (Wildman–Crippen LogP) is 4.06. The molecule has 25 heavy (non-hydrogen) atoms. The van der Waals surface area contributed by atoms with Crippen LogP contribution in [-0.4, -0.2) is 19.2 Å². The Bertz CT molecular complexity index is 791. The zero-order valence-corrected chi connectivity index (χ0v) is 13.6. The average molecular weight is 372 g/mol. The van der Waals surface area contributed by atoms with E-state index in [4.69, 9.17) is 21.1 Å². The summed E-state index contributed by atoms with van der Waals surface area (Å²) in [5, 5.41) is 2.97. The highest BCUT2D eigenvalue weighted by molar-refractivity contribution is 6.32. The second-order valence-electron chi connectivity index (χ2n) is 5.39. The van der Waals surface area contributed by atoms with Gasteiger partial charge in [0.05, 0.1) is 10.6 Å². The van der Waals surface area contributed by atoms with Gasteiger partial charge >= 0.3 is 6.18 Å². The summed E-state index contributed by atoms with van der Waals surface area (Å²) in [5.74, 6) is 0.454. The van der Waals surface area contributed by atoms with Gasteiger partial charge in [-0.15, -0.1) is 0 Å². The van der Waals surface area contributed by atoms with Crippen LogP contribution in [-0.2, 0) is 12.6 Å². The number of halogens is 4. The van der Waals surface area contributed by atoms with Crippen LogP contribution in [0.25, 0.3) is 0 Å². The molecule has 2 aromatic rings. The topological polar surface area (TPSA) is 47.6 Å². The van der Waals surface area contributed by atoms with Gasteiger partial charge < -0.3 is 14.8 Å². The minimum atomic E-state index is -4.36. The second kappa shape index (κ2) is 6.84. The standard InChI is InChI=1S/C17H13ClF3NO3/c18-13-7-11(8-14-15(13)25-9-24-14)16(23)22-6-5-10-1-3-12(4-2-10)17(19,20)21/h1-4,7-8H,5-6,9H2,(H,22,23). The fourth-order valence-corrected chi connectivity index (χ4v) is 2.65. The van der Waals surface area contributed by atoms with E-state index in [1.165, 1.54) is 24.3 Å². The van der Waals surface area contributed by atoms with Crippen molar-refractivity contribution in [3.63, 3.8) is 0 Å². The predicted molar refractivity (Wildman–Crippen MR) is 85.1 cm³/mol. The van der Waals surface area contributed by atoms with Crippen molar-refractivity contribution >= 4 is 17.5 Å². The Labute approximate surface area is 146 Å². The van der Waals surface area contributed by atoms with Gasteiger partial charge in [-0.25, -0.2) is 0 Å². The highest BCUT2D eigenvalue weighted by Gasteiger charge is 2.29. The smallest absolute Gasteiger partial charge is 0.416 e. The van der Waals surface area contributed by atoms with Crippen LogP contribution in [0.1, 0.15) is 21.5 Å². The van der Waals surface area contributed by atoms with Gasteiger partial charge in [0.25, 0.3) is 5.91 Å². The Morgan fingerprint density at radius 3 is 2.56 bits per heavy atom. The first-order valence-corrected chi connectivity index (χ1v) is 7.76. The van der Waals surface area contributed by atoms with E-state index in [1.54, 1.807) is 0 Å². The molecule has 0 aromatic heterocycles. The number of ether oxygens (including phenoxy) is 2. The summed E-state index contributed by atoms with van der Waals surface area (Å²) in [4.78, 5) is 12.2. The number of fused-ring (bicyclic) bond motifs is 1. The molecule has 0 bridgehead atoms. The zero-order chi connectivity index (χ0) is 18.0. The van der Waals surface area contributed by atoms with E-state index in [-0.39, 0.29) is 24.3 Å². The van der Waals surface area contributed by atoms with Crippen LogP contribution in [0.2, 0.25) is 5.02 Å². The number of alkyl halides is 3. The van der Waals surface area contributed by atoms with Crippen LogP contribution < -0.4 is 14.8 Å². The van der Waals surface area contributed by atoms with Crippen molar-refractivity contribution in [2.24, 2.45) is 0 Å². The van der Waals surface area contributed by atoms with E-state index in [0.717, 1.165) is 12.1 Å². The molecule has 132 valence electrons. The first-order chi connectivity index (χ1) is 11.8. The molecule has 0 aliphatic carbocycles. The quantitative estimate of drug-likeness (QED) is 0.881. The third-order valence-electron chi connectivity index (χ3n) is 3.67. The monoisotopic (exact) mass is 371 g/mol. The zero-order valence-electron chi connectivity index (χ0n) is 12.8. The van der Waals surface area contributed by atoms with Gasteiger partial charge in [-0.05, 0) is 36.2 Å². The number of amides is 1. The summed E-state index contributed by atoms with van der Waals surface area (Å²) in [5.41, 5.74) is 0.314. The first kappa shape index (κ1) is 17.4. The third kappa shape index (κ3) is 3.99. The molecule has 0 radical (unpaired) electrons.